The second kappa shape index (κ2) is 6.23. The molecule has 2 fully saturated rings. The minimum absolute atomic E-state index is 0.0348. The van der Waals surface area contributed by atoms with Gasteiger partial charge in [-0.15, -0.1) is 0 Å². The quantitative estimate of drug-likeness (QED) is 0.711. The van der Waals surface area contributed by atoms with Gasteiger partial charge in [-0.25, -0.2) is 8.42 Å². The van der Waals surface area contributed by atoms with Crippen molar-refractivity contribution in [3.8, 4) is 11.1 Å². The van der Waals surface area contributed by atoms with Crippen LogP contribution in [0.3, 0.4) is 0 Å². The maximum absolute atomic E-state index is 12.8. The first-order valence-corrected chi connectivity index (χ1v) is 11.6. The van der Waals surface area contributed by atoms with Crippen LogP contribution in [0.1, 0.15) is 30.3 Å². The van der Waals surface area contributed by atoms with Crippen molar-refractivity contribution in [3.05, 3.63) is 47.0 Å². The molecular formula is C22H25N3O3S. The SMILES string of the molecule is [2H]C([2H])([2H])n1cc(-c2cc(S(=O)(=O)CC)ccc2N2CC3(CCC3)C2)c2cc[nH]c2c1=O. The van der Waals surface area contributed by atoms with Crippen LogP contribution in [0.15, 0.2) is 46.3 Å². The number of nitrogens with zero attached hydrogens (tertiary/aromatic N) is 2. The Labute approximate surface area is 174 Å². The Morgan fingerprint density at radius 3 is 2.66 bits per heavy atom. The van der Waals surface area contributed by atoms with Gasteiger partial charge in [0.1, 0.15) is 5.52 Å². The van der Waals surface area contributed by atoms with Crippen LogP contribution in [0, 0.1) is 5.41 Å². The summed E-state index contributed by atoms with van der Waals surface area (Å²) in [5, 5.41) is 0.571. The van der Waals surface area contributed by atoms with Gasteiger partial charge in [0.05, 0.1) is 10.6 Å². The Morgan fingerprint density at radius 1 is 1.21 bits per heavy atom. The molecule has 0 radical (unpaired) electrons. The fourth-order valence-electron chi connectivity index (χ4n) is 4.66. The molecule has 2 aromatic heterocycles. The highest BCUT2D eigenvalue weighted by Crippen LogP contribution is 2.51. The molecule has 2 aliphatic rings. The van der Waals surface area contributed by atoms with E-state index in [4.69, 9.17) is 4.11 Å². The van der Waals surface area contributed by atoms with Crippen molar-refractivity contribution in [1.29, 1.82) is 0 Å². The summed E-state index contributed by atoms with van der Waals surface area (Å²) in [6.07, 6.45) is 6.58. The standard InChI is InChI=1S/C22H25N3O3S/c1-3-29(27,28)15-5-6-19(25-13-22(14-25)8-4-9-22)17(11-15)18-12-24(2)21(26)20-16(18)7-10-23-20/h5-7,10-12,23H,3-4,8-9,13-14H2,1-2H3/i2D3. The highest BCUT2D eigenvalue weighted by Gasteiger charge is 2.47. The summed E-state index contributed by atoms with van der Waals surface area (Å²) in [5.74, 6) is -0.0348. The Hall–Kier alpha value is -2.54. The lowest BCUT2D eigenvalue weighted by Gasteiger charge is -2.57. The second-order valence-electron chi connectivity index (χ2n) is 8.28. The molecule has 1 N–H and O–H groups in total. The number of H-pyrrole nitrogens is 1. The first kappa shape index (κ1) is 15.3. The summed E-state index contributed by atoms with van der Waals surface area (Å²) in [7, 11) is -3.47. The zero-order valence-corrected chi connectivity index (χ0v) is 17.1. The van der Waals surface area contributed by atoms with E-state index in [-0.39, 0.29) is 16.2 Å². The van der Waals surface area contributed by atoms with Gasteiger partial charge in [0, 0.05) is 64.2 Å². The third kappa shape index (κ3) is 2.74. The monoisotopic (exact) mass is 414 g/mol. The van der Waals surface area contributed by atoms with Crippen molar-refractivity contribution in [3.63, 3.8) is 0 Å². The van der Waals surface area contributed by atoms with Crippen LogP contribution in [-0.4, -0.2) is 36.8 Å². The zero-order chi connectivity index (χ0) is 22.9. The van der Waals surface area contributed by atoms with E-state index in [0.717, 1.165) is 23.3 Å². The normalized spacial score (nSPS) is 20.0. The van der Waals surface area contributed by atoms with Crippen molar-refractivity contribution in [2.75, 3.05) is 23.7 Å². The van der Waals surface area contributed by atoms with Gasteiger partial charge in [-0.05, 0) is 37.1 Å². The third-order valence-electron chi connectivity index (χ3n) is 6.53. The maximum atomic E-state index is 12.8. The highest BCUT2D eigenvalue weighted by molar-refractivity contribution is 7.91. The zero-order valence-electron chi connectivity index (χ0n) is 19.2. The van der Waals surface area contributed by atoms with Crippen LogP contribution >= 0.6 is 0 Å². The van der Waals surface area contributed by atoms with E-state index in [0.29, 0.717) is 21.9 Å². The molecule has 1 saturated heterocycles. The lowest BCUT2D eigenvalue weighted by Crippen LogP contribution is -2.60. The minimum atomic E-state index is -3.47. The lowest BCUT2D eigenvalue weighted by atomic mass is 9.63. The number of aromatic amines is 1. The molecule has 1 aliphatic heterocycles. The average molecular weight is 415 g/mol. The largest absolute Gasteiger partial charge is 0.370 e. The molecule has 1 saturated carbocycles. The molecule has 5 rings (SSSR count). The molecule has 3 heterocycles. The minimum Gasteiger partial charge on any atom is -0.370 e. The number of sulfone groups is 1. The van der Waals surface area contributed by atoms with Gasteiger partial charge in [0.15, 0.2) is 9.84 Å². The number of rotatable bonds is 4. The van der Waals surface area contributed by atoms with E-state index in [2.05, 4.69) is 9.88 Å². The lowest BCUT2D eigenvalue weighted by molar-refractivity contribution is 0.0905. The molecule has 0 amide bonds. The van der Waals surface area contributed by atoms with Crippen LogP contribution in [0.25, 0.3) is 22.0 Å². The predicted molar refractivity (Wildman–Crippen MR) is 115 cm³/mol. The molecule has 1 aromatic carbocycles. The second-order valence-corrected chi connectivity index (χ2v) is 10.6. The summed E-state index contributed by atoms with van der Waals surface area (Å²) < 4.78 is 49.5. The number of pyridine rings is 1. The van der Waals surface area contributed by atoms with Gasteiger partial charge in [-0.2, -0.15) is 0 Å². The van der Waals surface area contributed by atoms with E-state index in [1.807, 2.05) is 6.07 Å². The first-order valence-electron chi connectivity index (χ1n) is 11.4. The molecule has 29 heavy (non-hydrogen) atoms. The van der Waals surface area contributed by atoms with Crippen LogP contribution in [0.2, 0.25) is 0 Å². The van der Waals surface area contributed by atoms with Crippen molar-refractivity contribution in [1.82, 2.24) is 9.55 Å². The fraction of sp³-hybridized carbons (Fsp3) is 0.409. The third-order valence-corrected chi connectivity index (χ3v) is 8.27. The maximum Gasteiger partial charge on any atom is 0.274 e. The number of anilines is 1. The Balaban J connectivity index is 1.75. The number of hydrogen-bond acceptors (Lipinski definition) is 4. The van der Waals surface area contributed by atoms with E-state index in [9.17, 15) is 13.2 Å². The molecule has 7 heteroatoms. The Bertz CT molecular complexity index is 1380. The van der Waals surface area contributed by atoms with Crippen molar-refractivity contribution >= 4 is 26.4 Å². The number of benzene rings is 1. The smallest absolute Gasteiger partial charge is 0.274 e. The molecule has 6 nitrogen and oxygen atoms in total. The molecule has 1 aliphatic carbocycles. The summed E-state index contributed by atoms with van der Waals surface area (Å²) in [6.45, 7) is 0.729. The van der Waals surface area contributed by atoms with E-state index < -0.39 is 22.4 Å². The number of fused-ring (bicyclic) bond motifs is 1. The number of aryl methyl sites for hydroxylation is 1. The molecule has 3 aromatic rings. The number of hydrogen-bond donors (Lipinski definition) is 1. The van der Waals surface area contributed by atoms with E-state index in [1.165, 1.54) is 25.5 Å². The van der Waals surface area contributed by atoms with Crippen molar-refractivity contribution < 1.29 is 12.5 Å². The Morgan fingerprint density at radius 2 is 2.00 bits per heavy atom. The topological polar surface area (TPSA) is 75.2 Å². The molecule has 0 unspecified atom stereocenters. The molecular weight excluding hydrogens is 386 g/mol. The van der Waals surface area contributed by atoms with Gasteiger partial charge in [-0.1, -0.05) is 13.3 Å². The van der Waals surface area contributed by atoms with Gasteiger partial charge in [0.25, 0.3) is 5.56 Å². The van der Waals surface area contributed by atoms with Gasteiger partial charge in [-0.3, -0.25) is 4.79 Å². The highest BCUT2D eigenvalue weighted by atomic mass is 32.2. The summed E-state index contributed by atoms with van der Waals surface area (Å²) in [4.78, 5) is 18.0. The van der Waals surface area contributed by atoms with Crippen LogP contribution < -0.4 is 10.5 Å². The van der Waals surface area contributed by atoms with Crippen LogP contribution in [0.5, 0.6) is 0 Å². The van der Waals surface area contributed by atoms with E-state index >= 15 is 0 Å². The van der Waals surface area contributed by atoms with Gasteiger partial charge in [0.2, 0.25) is 0 Å². The molecule has 1 spiro atoms. The first-order chi connectivity index (χ1) is 15.0. The van der Waals surface area contributed by atoms with Crippen LogP contribution in [0.4, 0.5) is 5.69 Å². The molecule has 0 atom stereocenters. The van der Waals surface area contributed by atoms with Gasteiger partial charge >= 0.3 is 0 Å². The molecule has 0 bridgehead atoms. The summed E-state index contributed by atoms with van der Waals surface area (Å²) in [5.41, 5.74) is 1.91. The van der Waals surface area contributed by atoms with Crippen molar-refractivity contribution in [2.45, 2.75) is 31.1 Å². The van der Waals surface area contributed by atoms with Gasteiger partial charge < -0.3 is 14.5 Å². The fourth-order valence-corrected chi connectivity index (χ4v) is 5.56. The average Bonchev–Trinajstić information content (AvgIpc) is 3.16. The number of nitrogens with one attached hydrogen (secondary N) is 1. The van der Waals surface area contributed by atoms with Crippen LogP contribution in [-0.2, 0) is 16.8 Å². The van der Waals surface area contributed by atoms with Crippen molar-refractivity contribution in [2.24, 2.45) is 12.4 Å². The summed E-state index contributed by atoms with van der Waals surface area (Å²) in [6, 6.07) is 6.78. The summed E-state index contributed by atoms with van der Waals surface area (Å²) >= 11 is 0. The number of aromatic nitrogens is 2. The Kier molecular flexibility index (Phi) is 3.29. The predicted octanol–water partition coefficient (Wildman–Crippen LogP) is 3.32. The molecule has 152 valence electrons. The van der Waals surface area contributed by atoms with E-state index in [1.54, 1.807) is 31.3 Å².